The van der Waals surface area contributed by atoms with E-state index in [0.717, 1.165) is 0 Å². The molecule has 0 aliphatic carbocycles. The van der Waals surface area contributed by atoms with Crippen molar-refractivity contribution in [2.45, 2.75) is 14.7 Å². The fraction of sp³-hybridized carbons (Fsp3) is 0.294. The largest absolute Gasteiger partial charge is 0.382 e. The molecule has 0 aromatic heterocycles. The molecule has 0 aliphatic heterocycles. The zero-order valence-corrected chi connectivity index (χ0v) is 64.0. The molecule has 8 rings (SSSR count). The van der Waals surface area contributed by atoms with Gasteiger partial charge in [0.2, 0.25) is 58.0 Å². The van der Waals surface area contributed by atoms with Gasteiger partial charge >= 0.3 is 20.2 Å². The summed E-state index contributed by atoms with van der Waals surface area (Å²) >= 11 is -0.566. The molecule has 1 N–H and O–H groups in total. The van der Waals surface area contributed by atoms with E-state index in [1.54, 1.807) is 0 Å². The molecule has 0 amide bonds. The van der Waals surface area contributed by atoms with Crippen molar-refractivity contribution >= 4 is 49.4 Å². The van der Waals surface area contributed by atoms with Crippen LogP contribution in [0.4, 0.5) is 164 Å². The van der Waals surface area contributed by atoms with Crippen molar-refractivity contribution in [1.82, 2.24) is 0 Å². The molecule has 0 fully saturated rings. The van der Waals surface area contributed by atoms with Gasteiger partial charge in [0, 0.05) is 40.7 Å². The Morgan fingerprint density at radius 2 is 0.431 bits per heavy atom. The van der Waals surface area contributed by atoms with Crippen LogP contribution in [0.1, 0.15) is 0 Å². The lowest BCUT2D eigenvalue weighted by atomic mass is 10.0. The summed E-state index contributed by atoms with van der Waals surface area (Å²) in [4.78, 5) is -4.90. The van der Waals surface area contributed by atoms with Crippen molar-refractivity contribution in [3.8, 4) is 44.9 Å². The molecule has 0 heterocycles. The predicted octanol–water partition coefficient (Wildman–Crippen LogP) is 18.5. The first-order chi connectivity index (χ1) is 57.5. The average Bonchev–Trinajstić information content (AvgIpc) is 0.756. The maximum atomic E-state index is 14.3. The molecule has 15 nitrogen and oxygen atoms in total. The van der Waals surface area contributed by atoms with E-state index in [9.17, 15) is 175 Å². The average molecular weight is 1910 g/mol. The Balaban J connectivity index is 0.000000292. The van der Waals surface area contributed by atoms with Crippen LogP contribution in [0, 0.1) is 209 Å². The standard InChI is InChI=1S/C17H12F9NO2.C17H11F9O5S2.C17H11F9O5S.C17H11F9O2S/c1-28-4-5-29-3-2-27-17-15(25)10(20)7(11(21)16(17)26)6-8(18)12(22)14(24)13(23)9(6)19;1-29-2-3-30-4-5-33(27,28)31-15-9(21)13(25)17(14(26)10(15)22)32-16-11(23)7(19)6(18)8(20)12(16)24;1-29-2-3-30-4-5-32(27,28)31-17-15(25)10(20)7(11(21)16(17)26)6-8(18)12(22)14(24)13(23)9(6)19;1-27-2-3-28-4-5-29-17-15(25)10(20)7(11(21)16(17)26)6-8(18)12(22)14(24)13(23)9(6)19/h27H,2-5H2,1H3;2-5H2,1H3;2-5H2,1H3;2-5H2,1H3. The highest BCUT2D eigenvalue weighted by Crippen LogP contribution is 2.46. The van der Waals surface area contributed by atoms with Gasteiger partial charge in [-0.25, -0.2) is 140 Å². The molecule has 682 valence electrons. The van der Waals surface area contributed by atoms with E-state index < -0.39 is 331 Å². The first kappa shape index (κ1) is 104. The van der Waals surface area contributed by atoms with E-state index in [-0.39, 0.29) is 90.1 Å². The Morgan fingerprint density at radius 1 is 0.228 bits per heavy atom. The second-order valence-corrected chi connectivity index (χ2v) is 28.1. The topological polar surface area (TPSA) is 173 Å². The van der Waals surface area contributed by atoms with E-state index in [1.165, 1.54) is 28.4 Å². The molecule has 8 aromatic carbocycles. The SMILES string of the molecule is COCCOCCNc1c(F)c(F)c(-c2c(F)c(F)c(F)c(F)c2F)c(F)c1F.COCCOCCS(=O)(=O)Oc1c(F)c(F)c(-c2c(F)c(F)c(F)c(F)c2F)c(F)c1F.COCCOCCS(=O)(=O)Oc1c(F)c(F)c(Sc2c(F)c(F)c(F)c(F)c2F)c(F)c1F.COCCOCCSc1c(F)c(F)c(-c2c(F)c(F)c(F)c(F)c2F)c(F)c1F. The van der Waals surface area contributed by atoms with Gasteiger partial charge in [-0.3, -0.25) is 0 Å². The first-order valence-corrected chi connectivity index (χ1v) is 37.1. The maximum absolute atomic E-state index is 14.3. The van der Waals surface area contributed by atoms with Crippen molar-refractivity contribution in [2.24, 2.45) is 0 Å². The molecule has 0 unspecified atom stereocenters. The van der Waals surface area contributed by atoms with E-state index in [2.05, 4.69) is 27.3 Å². The Hall–Kier alpha value is -9.08. The van der Waals surface area contributed by atoms with Gasteiger partial charge in [-0.2, -0.15) is 34.4 Å². The van der Waals surface area contributed by atoms with Gasteiger partial charge in [-0.15, -0.1) is 11.8 Å². The van der Waals surface area contributed by atoms with Crippen molar-refractivity contribution in [3.05, 3.63) is 209 Å². The van der Waals surface area contributed by atoms with Gasteiger partial charge in [0.15, 0.2) is 163 Å². The van der Waals surface area contributed by atoms with Gasteiger partial charge in [-0.05, 0) is 0 Å². The summed E-state index contributed by atoms with van der Waals surface area (Å²) in [5, 5.41) is 1.99. The Labute approximate surface area is 674 Å². The summed E-state index contributed by atoms with van der Waals surface area (Å²) in [5.41, 5.74) is -14.3. The Morgan fingerprint density at radius 3 is 0.707 bits per heavy atom. The second kappa shape index (κ2) is 45.7. The summed E-state index contributed by atoms with van der Waals surface area (Å²) in [6.07, 6.45) is 0. The fourth-order valence-electron chi connectivity index (χ4n) is 8.96. The van der Waals surface area contributed by atoms with Crippen molar-refractivity contribution in [2.75, 3.05) is 137 Å². The minimum atomic E-state index is -4.91. The molecule has 0 saturated heterocycles. The Bertz CT molecular complexity index is 5070. The summed E-state index contributed by atoms with van der Waals surface area (Å²) in [6.45, 7) is -0.987. The highest BCUT2D eigenvalue weighted by atomic mass is 32.2. The normalized spacial score (nSPS) is 11.6. The first-order valence-electron chi connectivity index (χ1n) is 32.1. The highest BCUT2D eigenvalue weighted by Gasteiger charge is 2.41. The van der Waals surface area contributed by atoms with Gasteiger partial charge in [0.1, 0.15) is 17.2 Å². The molecular formula is C68H45F36NO14S4. The van der Waals surface area contributed by atoms with E-state index in [4.69, 9.17) is 18.9 Å². The maximum Gasteiger partial charge on any atom is 0.311 e. The van der Waals surface area contributed by atoms with Gasteiger partial charge in [0.25, 0.3) is 0 Å². The third-order valence-corrected chi connectivity index (χ3v) is 19.1. The third-order valence-electron chi connectivity index (χ3n) is 14.8. The molecule has 0 atom stereocenters. The smallest absolute Gasteiger partial charge is 0.311 e. The van der Waals surface area contributed by atoms with Crippen LogP contribution in [0.3, 0.4) is 0 Å². The molecule has 0 spiro atoms. The minimum Gasteiger partial charge on any atom is -0.382 e. The molecule has 123 heavy (non-hydrogen) atoms. The van der Waals surface area contributed by atoms with Crippen molar-refractivity contribution < 1.29 is 221 Å². The minimum absolute atomic E-state index is 0.0540. The number of benzene rings is 8. The van der Waals surface area contributed by atoms with Gasteiger partial charge in [0.05, 0.1) is 127 Å². The van der Waals surface area contributed by atoms with E-state index >= 15 is 0 Å². The van der Waals surface area contributed by atoms with Gasteiger partial charge < -0.3 is 51.6 Å². The summed E-state index contributed by atoms with van der Waals surface area (Å²) in [6, 6.07) is 0. The van der Waals surface area contributed by atoms with Crippen molar-refractivity contribution in [1.29, 1.82) is 0 Å². The van der Waals surface area contributed by atoms with E-state index in [0.29, 0.717) is 0 Å². The quantitative estimate of drug-likeness (QED) is 0.00992. The number of anilines is 1. The molecule has 0 aliphatic rings. The number of thioether (sulfide) groups is 1. The molecular weight excluding hydrogens is 1870 g/mol. The Kier molecular flexibility index (Phi) is 38.8. The predicted molar refractivity (Wildman–Crippen MR) is 350 cm³/mol. The van der Waals surface area contributed by atoms with Crippen LogP contribution in [0.2, 0.25) is 0 Å². The van der Waals surface area contributed by atoms with Crippen LogP contribution >= 0.6 is 23.5 Å². The van der Waals surface area contributed by atoms with Gasteiger partial charge in [-0.1, -0.05) is 11.8 Å². The number of halogens is 36. The number of hydrogen-bond donors (Lipinski definition) is 1. The lowest BCUT2D eigenvalue weighted by molar-refractivity contribution is 0.0759. The van der Waals surface area contributed by atoms with Crippen LogP contribution < -0.4 is 13.7 Å². The van der Waals surface area contributed by atoms with Crippen LogP contribution in [0.25, 0.3) is 33.4 Å². The fourth-order valence-corrected chi connectivity index (χ4v) is 12.3. The lowest BCUT2D eigenvalue weighted by Crippen LogP contribution is -2.21. The molecule has 0 saturated carbocycles. The number of methoxy groups -OCH3 is 4. The number of nitrogens with one attached hydrogen (secondary N) is 1. The zero-order valence-electron chi connectivity index (χ0n) is 60.8. The zero-order chi connectivity index (χ0) is 93.2. The summed E-state index contributed by atoms with van der Waals surface area (Å²) < 4.78 is 590. The molecule has 8 aromatic rings. The second-order valence-electron chi connectivity index (χ2n) is 22.6. The lowest BCUT2D eigenvalue weighted by Gasteiger charge is -2.15. The highest BCUT2D eigenvalue weighted by molar-refractivity contribution is 7.99. The monoisotopic (exact) mass is 1910 g/mol. The summed E-state index contributed by atoms with van der Waals surface area (Å²) in [7, 11) is -4.32. The van der Waals surface area contributed by atoms with Crippen LogP contribution in [-0.4, -0.2) is 148 Å². The molecule has 55 heteroatoms. The van der Waals surface area contributed by atoms with Crippen LogP contribution in [0.5, 0.6) is 11.5 Å². The van der Waals surface area contributed by atoms with Crippen LogP contribution in [0.15, 0.2) is 14.7 Å². The van der Waals surface area contributed by atoms with Crippen molar-refractivity contribution in [3.63, 3.8) is 0 Å². The molecule has 0 bridgehead atoms. The molecule has 0 radical (unpaired) electrons. The number of ether oxygens (including phenoxy) is 8. The van der Waals surface area contributed by atoms with E-state index in [1.807, 2.05) is 5.32 Å². The number of rotatable bonds is 35. The third kappa shape index (κ3) is 23.9. The summed E-state index contributed by atoms with van der Waals surface area (Å²) in [5.74, 6) is -96.3. The number of hydrogen-bond acceptors (Lipinski definition) is 17. The van der Waals surface area contributed by atoms with Crippen LogP contribution in [-0.2, 0) is 58.1 Å².